The largest absolute Gasteiger partial charge is 0.347 e. The van der Waals surface area contributed by atoms with Gasteiger partial charge in [-0.15, -0.1) is 0 Å². The first-order chi connectivity index (χ1) is 8.50. The van der Waals surface area contributed by atoms with Crippen molar-refractivity contribution >= 4 is 17.5 Å². The second kappa shape index (κ2) is 6.76. The molecule has 2 atom stereocenters. The Morgan fingerprint density at radius 3 is 2.39 bits per heavy atom. The number of amides is 2. The summed E-state index contributed by atoms with van der Waals surface area (Å²) < 4.78 is 0. The number of rotatable bonds is 5. The highest BCUT2D eigenvalue weighted by molar-refractivity contribution is 5.94. The minimum atomic E-state index is -0.311. The summed E-state index contributed by atoms with van der Waals surface area (Å²) in [6.07, 6.45) is 0. The minimum Gasteiger partial charge on any atom is -0.347 e. The molecule has 0 aliphatic rings. The lowest BCUT2D eigenvalue weighted by molar-refractivity contribution is -0.127. The van der Waals surface area contributed by atoms with Crippen molar-refractivity contribution < 1.29 is 9.59 Å². The Labute approximate surface area is 107 Å². The predicted molar refractivity (Wildman–Crippen MR) is 70.9 cm³/mol. The quantitative estimate of drug-likeness (QED) is 0.719. The molecule has 0 spiro atoms. The molecule has 0 aliphatic carbocycles. The van der Waals surface area contributed by atoms with Crippen LogP contribution in [0, 0.1) is 5.92 Å². The third-order valence-electron chi connectivity index (χ3n) is 2.68. The summed E-state index contributed by atoms with van der Waals surface area (Å²) >= 11 is 0. The number of carbonyl (C=O) groups is 2. The second-order valence-electron chi connectivity index (χ2n) is 4.28. The van der Waals surface area contributed by atoms with E-state index in [-0.39, 0.29) is 30.3 Å². The summed E-state index contributed by atoms with van der Waals surface area (Å²) in [6.45, 7) is 3.44. The highest BCUT2D eigenvalue weighted by Crippen LogP contribution is 2.04. The normalized spacial score (nSPS) is 13.5. The third-order valence-corrected chi connectivity index (χ3v) is 2.68. The fraction of sp³-hybridized carbons (Fsp3) is 0.385. The number of hydrogen-bond donors (Lipinski definition) is 3. The molecule has 98 valence electrons. The number of para-hydroxylation sites is 1. The zero-order valence-corrected chi connectivity index (χ0v) is 10.6. The van der Waals surface area contributed by atoms with Crippen molar-refractivity contribution in [2.75, 3.05) is 11.9 Å². The molecule has 2 unspecified atom stereocenters. The first-order valence-electron chi connectivity index (χ1n) is 5.89. The van der Waals surface area contributed by atoms with Gasteiger partial charge < -0.3 is 16.4 Å². The van der Waals surface area contributed by atoms with Crippen LogP contribution in [0.25, 0.3) is 0 Å². The van der Waals surface area contributed by atoms with Gasteiger partial charge in [-0.3, -0.25) is 9.59 Å². The van der Waals surface area contributed by atoms with Gasteiger partial charge >= 0.3 is 0 Å². The molecule has 5 heteroatoms. The molecular formula is C13H19N3O2. The van der Waals surface area contributed by atoms with E-state index < -0.39 is 0 Å². The van der Waals surface area contributed by atoms with Gasteiger partial charge in [0.1, 0.15) is 0 Å². The van der Waals surface area contributed by atoms with E-state index in [0.29, 0.717) is 5.69 Å². The van der Waals surface area contributed by atoms with Crippen molar-refractivity contribution in [3.05, 3.63) is 30.3 Å². The molecule has 2 amide bonds. The number of nitrogens with two attached hydrogens (primary N) is 1. The van der Waals surface area contributed by atoms with E-state index in [1.807, 2.05) is 18.2 Å². The van der Waals surface area contributed by atoms with Crippen molar-refractivity contribution in [3.8, 4) is 0 Å². The standard InChI is InChI=1S/C13H19N3O2/c1-9(10(2)14)13(18)15-8-12(17)16-11-6-4-3-5-7-11/h3-7,9-10H,8,14H2,1-2H3,(H,15,18)(H,16,17). The Bertz CT molecular complexity index is 404. The van der Waals surface area contributed by atoms with E-state index in [9.17, 15) is 9.59 Å². The molecule has 0 saturated heterocycles. The van der Waals surface area contributed by atoms with Gasteiger partial charge in [-0.2, -0.15) is 0 Å². The van der Waals surface area contributed by atoms with Crippen LogP contribution in [0.4, 0.5) is 5.69 Å². The summed E-state index contributed by atoms with van der Waals surface area (Å²) in [5, 5.41) is 5.23. The molecule has 0 heterocycles. The maximum absolute atomic E-state index is 11.6. The molecule has 0 aliphatic heterocycles. The van der Waals surface area contributed by atoms with Gasteiger partial charge in [-0.1, -0.05) is 25.1 Å². The van der Waals surface area contributed by atoms with E-state index in [1.165, 1.54) is 0 Å². The summed E-state index contributed by atoms with van der Waals surface area (Å²) in [6, 6.07) is 8.84. The lowest BCUT2D eigenvalue weighted by atomic mass is 10.0. The van der Waals surface area contributed by atoms with Crippen LogP contribution >= 0.6 is 0 Å². The zero-order chi connectivity index (χ0) is 13.5. The SMILES string of the molecule is CC(N)C(C)C(=O)NCC(=O)Nc1ccccc1. The van der Waals surface area contributed by atoms with E-state index in [4.69, 9.17) is 5.73 Å². The zero-order valence-electron chi connectivity index (χ0n) is 10.6. The molecule has 4 N–H and O–H groups in total. The van der Waals surface area contributed by atoms with Gasteiger partial charge in [0, 0.05) is 17.6 Å². The second-order valence-corrected chi connectivity index (χ2v) is 4.28. The molecule has 18 heavy (non-hydrogen) atoms. The third kappa shape index (κ3) is 4.55. The Morgan fingerprint density at radius 2 is 1.83 bits per heavy atom. The predicted octanol–water partition coefficient (Wildman–Crippen LogP) is 0.725. The van der Waals surface area contributed by atoms with Crippen LogP contribution in [0.15, 0.2) is 30.3 Å². The van der Waals surface area contributed by atoms with Crippen LogP contribution < -0.4 is 16.4 Å². The van der Waals surface area contributed by atoms with Crippen LogP contribution in [0.1, 0.15) is 13.8 Å². The lowest BCUT2D eigenvalue weighted by Crippen LogP contribution is -2.41. The molecule has 1 rings (SSSR count). The number of carbonyl (C=O) groups excluding carboxylic acids is 2. The molecule has 1 aromatic carbocycles. The van der Waals surface area contributed by atoms with Crippen molar-refractivity contribution in [2.45, 2.75) is 19.9 Å². The molecule has 0 saturated carbocycles. The van der Waals surface area contributed by atoms with E-state index in [0.717, 1.165) is 0 Å². The monoisotopic (exact) mass is 249 g/mol. The maximum atomic E-state index is 11.6. The smallest absolute Gasteiger partial charge is 0.243 e. The Morgan fingerprint density at radius 1 is 1.22 bits per heavy atom. The average Bonchev–Trinajstić information content (AvgIpc) is 2.36. The first-order valence-corrected chi connectivity index (χ1v) is 5.89. The summed E-state index contributed by atoms with van der Waals surface area (Å²) in [5.41, 5.74) is 6.31. The molecule has 0 fully saturated rings. The van der Waals surface area contributed by atoms with Crippen LogP contribution in [0.3, 0.4) is 0 Å². The summed E-state index contributed by atoms with van der Waals surface area (Å²) in [5.74, 6) is -0.783. The van der Waals surface area contributed by atoms with E-state index in [2.05, 4.69) is 10.6 Å². The Balaban J connectivity index is 2.36. The van der Waals surface area contributed by atoms with Crippen LogP contribution in [0.2, 0.25) is 0 Å². The summed E-state index contributed by atoms with van der Waals surface area (Å²) in [4.78, 5) is 23.1. The number of hydrogen-bond acceptors (Lipinski definition) is 3. The molecule has 1 aromatic rings. The van der Waals surface area contributed by atoms with Crippen molar-refractivity contribution in [1.82, 2.24) is 5.32 Å². The molecule has 0 radical (unpaired) electrons. The topological polar surface area (TPSA) is 84.2 Å². The van der Waals surface area contributed by atoms with Crippen molar-refractivity contribution in [2.24, 2.45) is 11.7 Å². The highest BCUT2D eigenvalue weighted by Gasteiger charge is 2.17. The van der Waals surface area contributed by atoms with Gasteiger partial charge in [0.15, 0.2) is 0 Å². The fourth-order valence-corrected chi connectivity index (χ4v) is 1.29. The number of anilines is 1. The van der Waals surface area contributed by atoms with Crippen LogP contribution in [0.5, 0.6) is 0 Å². The number of nitrogens with one attached hydrogen (secondary N) is 2. The average molecular weight is 249 g/mol. The Kier molecular flexibility index (Phi) is 5.32. The van der Waals surface area contributed by atoms with Gasteiger partial charge in [0.25, 0.3) is 0 Å². The lowest BCUT2D eigenvalue weighted by Gasteiger charge is -2.15. The highest BCUT2D eigenvalue weighted by atomic mass is 16.2. The van der Waals surface area contributed by atoms with Gasteiger partial charge in [-0.05, 0) is 19.1 Å². The fourth-order valence-electron chi connectivity index (χ4n) is 1.29. The molecule has 0 aromatic heterocycles. The van der Waals surface area contributed by atoms with Gasteiger partial charge in [0.05, 0.1) is 6.54 Å². The van der Waals surface area contributed by atoms with Crippen LogP contribution in [-0.4, -0.2) is 24.4 Å². The van der Waals surface area contributed by atoms with Gasteiger partial charge in [-0.25, -0.2) is 0 Å². The van der Waals surface area contributed by atoms with E-state index in [1.54, 1.807) is 26.0 Å². The van der Waals surface area contributed by atoms with Crippen molar-refractivity contribution in [3.63, 3.8) is 0 Å². The molecule has 5 nitrogen and oxygen atoms in total. The minimum absolute atomic E-state index is 0.0508. The maximum Gasteiger partial charge on any atom is 0.243 e. The van der Waals surface area contributed by atoms with Gasteiger partial charge in [0.2, 0.25) is 11.8 Å². The van der Waals surface area contributed by atoms with E-state index >= 15 is 0 Å². The van der Waals surface area contributed by atoms with Crippen LogP contribution in [-0.2, 0) is 9.59 Å². The molecular weight excluding hydrogens is 230 g/mol. The number of benzene rings is 1. The Hall–Kier alpha value is -1.88. The molecule has 0 bridgehead atoms. The first kappa shape index (κ1) is 14.2. The van der Waals surface area contributed by atoms with Crippen molar-refractivity contribution in [1.29, 1.82) is 0 Å². The summed E-state index contributed by atoms with van der Waals surface area (Å²) in [7, 11) is 0.